The average molecular weight is 547 g/mol. The minimum atomic E-state index is -0.422. The number of hydrogen-bond donors (Lipinski definition) is 0. The quantitative estimate of drug-likeness (QED) is 0.443. The van der Waals surface area contributed by atoms with Gasteiger partial charge in [0.1, 0.15) is 0 Å². The van der Waals surface area contributed by atoms with Crippen molar-refractivity contribution in [2.24, 2.45) is 5.92 Å². The van der Waals surface area contributed by atoms with Crippen LogP contribution in [0.2, 0.25) is 0 Å². The van der Waals surface area contributed by atoms with E-state index in [2.05, 4.69) is 0 Å². The van der Waals surface area contributed by atoms with Crippen molar-refractivity contribution in [3.8, 4) is 0 Å². The Morgan fingerprint density at radius 3 is 2.45 bits per heavy atom. The van der Waals surface area contributed by atoms with E-state index in [1.165, 1.54) is 0 Å². The molecule has 4 rings (SSSR count). The number of aryl methyl sites for hydroxylation is 1. The summed E-state index contributed by atoms with van der Waals surface area (Å²) in [4.78, 5) is 55.5. The molecule has 0 aliphatic carbocycles. The summed E-state index contributed by atoms with van der Waals surface area (Å²) >= 11 is 0. The van der Waals surface area contributed by atoms with Crippen LogP contribution in [0.1, 0.15) is 73.0 Å². The molecule has 2 aliphatic rings. The van der Waals surface area contributed by atoms with E-state index in [0.29, 0.717) is 43.0 Å². The van der Waals surface area contributed by atoms with Gasteiger partial charge in [-0.25, -0.2) is 4.79 Å². The second-order valence-electron chi connectivity index (χ2n) is 10.4. The number of nitrogens with zero attached hydrogens (tertiary/aromatic N) is 2. The van der Waals surface area contributed by atoms with Crippen LogP contribution < -0.4 is 0 Å². The second kappa shape index (κ2) is 12.9. The number of rotatable bonds is 8. The van der Waals surface area contributed by atoms with Gasteiger partial charge in [-0.2, -0.15) is 0 Å². The van der Waals surface area contributed by atoms with Crippen molar-refractivity contribution < 1.29 is 28.7 Å². The van der Waals surface area contributed by atoms with Crippen molar-refractivity contribution in [3.05, 3.63) is 82.1 Å². The number of likely N-dealkylation sites (tertiary alicyclic amines) is 1. The maximum Gasteiger partial charge on any atom is 0.336 e. The highest BCUT2D eigenvalue weighted by Crippen LogP contribution is 2.38. The third-order valence-corrected chi connectivity index (χ3v) is 7.61. The Bertz CT molecular complexity index is 1320. The molecule has 2 heterocycles. The van der Waals surface area contributed by atoms with Gasteiger partial charge in [-0.15, -0.1) is 0 Å². The zero-order valence-electron chi connectivity index (χ0n) is 23.8. The molecule has 2 aliphatic heterocycles. The summed E-state index contributed by atoms with van der Waals surface area (Å²) in [5.74, 6) is -1.64. The highest BCUT2D eigenvalue weighted by molar-refractivity contribution is 5.96. The lowest BCUT2D eigenvalue weighted by atomic mass is 9.83. The lowest BCUT2D eigenvalue weighted by Gasteiger charge is -2.35. The molecule has 2 unspecified atom stereocenters. The van der Waals surface area contributed by atoms with Crippen molar-refractivity contribution >= 4 is 23.8 Å². The van der Waals surface area contributed by atoms with Crippen molar-refractivity contribution in [2.75, 3.05) is 26.3 Å². The van der Waals surface area contributed by atoms with E-state index in [1.54, 1.807) is 48.8 Å². The molecule has 0 N–H and O–H groups in total. The normalized spacial score (nSPS) is 19.4. The molecular weight excluding hydrogens is 508 g/mol. The monoisotopic (exact) mass is 546 g/mol. The molecule has 8 nitrogen and oxygen atoms in total. The topological polar surface area (TPSA) is 93.2 Å². The van der Waals surface area contributed by atoms with E-state index < -0.39 is 5.97 Å². The first-order chi connectivity index (χ1) is 19.2. The average Bonchev–Trinajstić information content (AvgIpc) is 2.95. The highest BCUT2D eigenvalue weighted by Gasteiger charge is 2.37. The van der Waals surface area contributed by atoms with Crippen LogP contribution in [0.5, 0.6) is 0 Å². The SMILES string of the molecule is CCOC(=O)C1=C(C)N(Cc2cccc(C(=O)N3CCCC(C(=O)OCC)C3)c2)C(=O)CC1c1cccc(C)c1. The van der Waals surface area contributed by atoms with Gasteiger partial charge in [0.25, 0.3) is 5.91 Å². The number of benzene rings is 2. The summed E-state index contributed by atoms with van der Waals surface area (Å²) in [5.41, 5.74) is 4.28. The van der Waals surface area contributed by atoms with E-state index in [9.17, 15) is 19.2 Å². The van der Waals surface area contributed by atoms with Crippen molar-refractivity contribution in [1.82, 2.24) is 9.80 Å². The van der Waals surface area contributed by atoms with E-state index in [-0.39, 0.29) is 49.2 Å². The lowest BCUT2D eigenvalue weighted by molar-refractivity contribution is -0.149. The fourth-order valence-electron chi connectivity index (χ4n) is 5.63. The molecule has 2 amide bonds. The Hall–Kier alpha value is -3.94. The number of hydrogen-bond acceptors (Lipinski definition) is 6. The van der Waals surface area contributed by atoms with E-state index in [1.807, 2.05) is 37.3 Å². The van der Waals surface area contributed by atoms with Crippen LogP contribution in [0.25, 0.3) is 0 Å². The summed E-state index contributed by atoms with van der Waals surface area (Å²) in [6, 6.07) is 15.1. The van der Waals surface area contributed by atoms with Crippen LogP contribution in [0, 0.1) is 12.8 Å². The van der Waals surface area contributed by atoms with Crippen LogP contribution >= 0.6 is 0 Å². The van der Waals surface area contributed by atoms with Gasteiger partial charge < -0.3 is 19.3 Å². The first kappa shape index (κ1) is 29.1. The molecule has 1 fully saturated rings. The third-order valence-electron chi connectivity index (χ3n) is 7.61. The molecule has 40 heavy (non-hydrogen) atoms. The smallest absolute Gasteiger partial charge is 0.336 e. The predicted molar refractivity (Wildman–Crippen MR) is 150 cm³/mol. The van der Waals surface area contributed by atoms with Gasteiger partial charge in [-0.1, -0.05) is 42.0 Å². The van der Waals surface area contributed by atoms with Gasteiger partial charge in [0.05, 0.1) is 31.2 Å². The summed E-state index contributed by atoms with van der Waals surface area (Å²) < 4.78 is 10.6. The van der Waals surface area contributed by atoms with Crippen LogP contribution in [0.15, 0.2) is 59.8 Å². The van der Waals surface area contributed by atoms with Crippen molar-refractivity contribution in [2.45, 2.75) is 59.4 Å². The molecule has 0 saturated carbocycles. The number of amides is 2. The zero-order valence-corrected chi connectivity index (χ0v) is 23.8. The Labute approximate surface area is 235 Å². The van der Waals surface area contributed by atoms with E-state index in [4.69, 9.17) is 9.47 Å². The molecule has 8 heteroatoms. The van der Waals surface area contributed by atoms with Gasteiger partial charge in [0, 0.05) is 36.7 Å². The molecule has 2 aromatic carbocycles. The Morgan fingerprint density at radius 1 is 0.975 bits per heavy atom. The Kier molecular flexibility index (Phi) is 9.40. The van der Waals surface area contributed by atoms with Gasteiger partial charge in [0.15, 0.2) is 0 Å². The first-order valence-corrected chi connectivity index (χ1v) is 14.0. The number of carbonyl (C=O) groups excluding carboxylic acids is 4. The molecule has 2 atom stereocenters. The molecule has 1 saturated heterocycles. The van der Waals surface area contributed by atoms with Crippen LogP contribution in [-0.4, -0.2) is 59.9 Å². The fraction of sp³-hybridized carbons (Fsp3) is 0.438. The van der Waals surface area contributed by atoms with Crippen LogP contribution in [0.3, 0.4) is 0 Å². The molecular formula is C32H38N2O6. The van der Waals surface area contributed by atoms with Crippen LogP contribution in [-0.2, 0) is 30.4 Å². The van der Waals surface area contributed by atoms with Gasteiger partial charge in [-0.05, 0) is 63.8 Å². The van der Waals surface area contributed by atoms with Crippen molar-refractivity contribution in [1.29, 1.82) is 0 Å². The largest absolute Gasteiger partial charge is 0.466 e. The molecule has 0 spiro atoms. The summed E-state index contributed by atoms with van der Waals surface area (Å²) in [6.45, 7) is 8.99. The van der Waals surface area contributed by atoms with Gasteiger partial charge >= 0.3 is 11.9 Å². The molecule has 212 valence electrons. The number of esters is 2. The molecule has 0 bridgehead atoms. The third kappa shape index (κ3) is 6.43. The summed E-state index contributed by atoms with van der Waals surface area (Å²) in [6.07, 6.45) is 1.59. The van der Waals surface area contributed by atoms with E-state index in [0.717, 1.165) is 23.1 Å². The number of ether oxygens (including phenoxy) is 2. The number of allylic oxidation sites excluding steroid dienone is 1. The minimum Gasteiger partial charge on any atom is -0.466 e. The standard InChI is InChI=1S/C32H38N2O6/c1-5-39-31(37)26-14-9-15-33(20-26)30(36)25-13-8-11-23(17-25)19-34-22(4)29(32(38)40-6-2)27(18-28(34)35)24-12-7-10-21(3)16-24/h7-8,10-13,16-17,26-27H,5-6,9,14-15,18-20H2,1-4H3. The predicted octanol–water partition coefficient (Wildman–Crippen LogP) is 4.76. The maximum atomic E-state index is 13.4. The molecule has 0 radical (unpaired) electrons. The summed E-state index contributed by atoms with van der Waals surface area (Å²) in [7, 11) is 0. The van der Waals surface area contributed by atoms with Crippen LogP contribution in [0.4, 0.5) is 0 Å². The maximum absolute atomic E-state index is 13.4. The molecule has 2 aromatic rings. The number of carbonyl (C=O) groups is 4. The molecule has 0 aromatic heterocycles. The lowest BCUT2D eigenvalue weighted by Crippen LogP contribution is -2.42. The van der Waals surface area contributed by atoms with Gasteiger partial charge in [-0.3, -0.25) is 14.4 Å². The fourth-order valence-corrected chi connectivity index (χ4v) is 5.63. The minimum absolute atomic E-state index is 0.0953. The Balaban J connectivity index is 1.58. The second-order valence-corrected chi connectivity index (χ2v) is 10.4. The zero-order chi connectivity index (χ0) is 28.8. The Morgan fingerprint density at radius 2 is 1.73 bits per heavy atom. The first-order valence-electron chi connectivity index (χ1n) is 14.0. The number of piperidine rings is 1. The summed E-state index contributed by atoms with van der Waals surface area (Å²) in [5, 5.41) is 0. The van der Waals surface area contributed by atoms with Gasteiger partial charge in [0.2, 0.25) is 5.91 Å². The van der Waals surface area contributed by atoms with E-state index >= 15 is 0 Å². The van der Waals surface area contributed by atoms with Crippen molar-refractivity contribution in [3.63, 3.8) is 0 Å². The highest BCUT2D eigenvalue weighted by atomic mass is 16.5.